The SMILES string of the molecule is CN1CC(C(=O)O)C=C2c3cccc4c3c(cn4C)CC21. The third-order valence-electron chi connectivity index (χ3n) is 4.89. The highest BCUT2D eigenvalue weighted by Crippen LogP contribution is 2.41. The Kier molecular flexibility index (Phi) is 2.54. The molecule has 0 radical (unpaired) electrons. The summed E-state index contributed by atoms with van der Waals surface area (Å²) in [6, 6.07) is 6.61. The lowest BCUT2D eigenvalue weighted by Gasteiger charge is -2.38. The Morgan fingerprint density at radius 1 is 1.33 bits per heavy atom. The number of aromatic nitrogens is 1. The number of carboxylic acid groups (broad SMARTS) is 1. The molecule has 0 bridgehead atoms. The average Bonchev–Trinajstić information content (AvgIpc) is 2.78. The normalized spacial score (nSPS) is 24.8. The number of carbonyl (C=O) groups is 1. The monoisotopic (exact) mass is 282 g/mol. The molecule has 0 amide bonds. The van der Waals surface area contributed by atoms with Gasteiger partial charge in [-0.05, 0) is 36.2 Å². The minimum absolute atomic E-state index is 0.293. The van der Waals surface area contributed by atoms with Crippen molar-refractivity contribution in [2.24, 2.45) is 13.0 Å². The van der Waals surface area contributed by atoms with Crippen molar-refractivity contribution < 1.29 is 9.90 Å². The van der Waals surface area contributed by atoms with E-state index < -0.39 is 11.9 Å². The molecule has 1 N–H and O–H groups in total. The fraction of sp³-hybridized carbons (Fsp3) is 0.353. The maximum atomic E-state index is 11.4. The first kappa shape index (κ1) is 12.7. The van der Waals surface area contributed by atoms with Crippen LogP contribution < -0.4 is 0 Å². The van der Waals surface area contributed by atoms with Crippen LogP contribution in [0.4, 0.5) is 0 Å². The van der Waals surface area contributed by atoms with E-state index in [1.165, 1.54) is 27.6 Å². The van der Waals surface area contributed by atoms with Gasteiger partial charge in [-0.3, -0.25) is 9.69 Å². The van der Waals surface area contributed by atoms with Crippen LogP contribution in [0.5, 0.6) is 0 Å². The molecule has 2 heterocycles. The summed E-state index contributed by atoms with van der Waals surface area (Å²) in [6.07, 6.45) is 5.14. The van der Waals surface area contributed by atoms with Crippen LogP contribution in [0.3, 0.4) is 0 Å². The van der Waals surface area contributed by atoms with Gasteiger partial charge in [0.15, 0.2) is 0 Å². The maximum Gasteiger partial charge on any atom is 0.311 e. The van der Waals surface area contributed by atoms with Crippen LogP contribution in [0.25, 0.3) is 16.5 Å². The Hall–Kier alpha value is -2.07. The average molecular weight is 282 g/mol. The van der Waals surface area contributed by atoms with Crippen LogP contribution in [-0.4, -0.2) is 40.2 Å². The number of carboxylic acids is 1. The van der Waals surface area contributed by atoms with Crippen LogP contribution in [-0.2, 0) is 18.3 Å². The van der Waals surface area contributed by atoms with E-state index in [4.69, 9.17) is 0 Å². The fourth-order valence-corrected chi connectivity index (χ4v) is 3.88. The molecule has 1 aromatic carbocycles. The predicted molar refractivity (Wildman–Crippen MR) is 82.1 cm³/mol. The number of likely N-dealkylation sites (N-methyl/N-ethyl adjacent to an activating group) is 1. The Bertz CT molecular complexity index is 787. The molecule has 1 aromatic heterocycles. The Morgan fingerprint density at radius 3 is 2.90 bits per heavy atom. The van der Waals surface area contributed by atoms with Gasteiger partial charge in [-0.2, -0.15) is 0 Å². The third-order valence-corrected chi connectivity index (χ3v) is 4.89. The van der Waals surface area contributed by atoms with E-state index in [1.54, 1.807) is 0 Å². The smallest absolute Gasteiger partial charge is 0.311 e. The van der Waals surface area contributed by atoms with E-state index in [2.05, 4.69) is 40.9 Å². The number of nitrogens with zero attached hydrogens (tertiary/aromatic N) is 2. The molecule has 2 unspecified atom stereocenters. The number of fused-ring (bicyclic) bond motifs is 2. The van der Waals surface area contributed by atoms with Crippen molar-refractivity contribution in [3.63, 3.8) is 0 Å². The molecular weight excluding hydrogens is 264 g/mol. The topological polar surface area (TPSA) is 45.5 Å². The van der Waals surface area contributed by atoms with Crippen molar-refractivity contribution in [1.82, 2.24) is 9.47 Å². The second-order valence-corrected chi connectivity index (χ2v) is 6.19. The summed E-state index contributed by atoms with van der Waals surface area (Å²) >= 11 is 0. The highest BCUT2D eigenvalue weighted by molar-refractivity contribution is 5.99. The number of hydrogen-bond donors (Lipinski definition) is 1. The molecule has 2 aliphatic rings. The first-order chi connectivity index (χ1) is 10.1. The molecule has 0 saturated heterocycles. The zero-order valence-electron chi connectivity index (χ0n) is 12.2. The van der Waals surface area contributed by atoms with Gasteiger partial charge in [0.05, 0.1) is 5.92 Å². The second-order valence-electron chi connectivity index (χ2n) is 6.19. The molecule has 0 saturated carbocycles. The summed E-state index contributed by atoms with van der Waals surface area (Å²) in [4.78, 5) is 13.6. The Balaban J connectivity index is 1.98. The molecule has 0 fully saturated rings. The number of benzene rings is 1. The van der Waals surface area contributed by atoms with Gasteiger partial charge in [-0.25, -0.2) is 0 Å². The minimum atomic E-state index is -0.737. The summed E-state index contributed by atoms with van der Waals surface area (Å²) < 4.78 is 2.17. The molecule has 108 valence electrons. The first-order valence-electron chi connectivity index (χ1n) is 7.28. The van der Waals surface area contributed by atoms with Crippen molar-refractivity contribution in [2.45, 2.75) is 12.5 Å². The van der Waals surface area contributed by atoms with Gasteiger partial charge in [0.25, 0.3) is 0 Å². The third kappa shape index (κ3) is 1.69. The van der Waals surface area contributed by atoms with Gasteiger partial charge in [-0.15, -0.1) is 0 Å². The summed E-state index contributed by atoms with van der Waals surface area (Å²) in [7, 11) is 4.10. The molecule has 4 heteroatoms. The largest absolute Gasteiger partial charge is 0.481 e. The molecule has 2 atom stereocenters. The molecule has 1 aliphatic carbocycles. The lowest BCUT2D eigenvalue weighted by Crippen LogP contribution is -2.44. The van der Waals surface area contributed by atoms with Crippen LogP contribution >= 0.6 is 0 Å². The quantitative estimate of drug-likeness (QED) is 0.871. The molecule has 21 heavy (non-hydrogen) atoms. The number of aryl methyl sites for hydroxylation is 1. The fourth-order valence-electron chi connectivity index (χ4n) is 3.88. The zero-order chi connectivity index (χ0) is 14.7. The summed E-state index contributed by atoms with van der Waals surface area (Å²) in [5.41, 5.74) is 4.98. The number of aliphatic carboxylic acids is 1. The second kappa shape index (κ2) is 4.21. The van der Waals surface area contributed by atoms with Crippen LogP contribution in [0, 0.1) is 5.92 Å². The van der Waals surface area contributed by atoms with Gasteiger partial charge in [0.1, 0.15) is 0 Å². The van der Waals surface area contributed by atoms with Crippen LogP contribution in [0.15, 0.2) is 30.5 Å². The predicted octanol–water partition coefficient (Wildman–Crippen LogP) is 2.13. The maximum absolute atomic E-state index is 11.4. The zero-order valence-corrected chi connectivity index (χ0v) is 12.2. The van der Waals surface area contributed by atoms with E-state index in [-0.39, 0.29) is 0 Å². The molecule has 0 spiro atoms. The lowest BCUT2D eigenvalue weighted by molar-refractivity contribution is -0.140. The van der Waals surface area contributed by atoms with E-state index in [0.717, 1.165) is 6.42 Å². The van der Waals surface area contributed by atoms with Crippen molar-refractivity contribution in [2.75, 3.05) is 13.6 Å². The van der Waals surface area contributed by atoms with Crippen molar-refractivity contribution in [3.05, 3.63) is 41.6 Å². The molecular formula is C17H18N2O2. The van der Waals surface area contributed by atoms with Gasteiger partial charge >= 0.3 is 5.97 Å². The molecule has 4 nitrogen and oxygen atoms in total. The van der Waals surface area contributed by atoms with Crippen molar-refractivity contribution in [1.29, 1.82) is 0 Å². The van der Waals surface area contributed by atoms with Crippen LogP contribution in [0.1, 0.15) is 11.1 Å². The van der Waals surface area contributed by atoms with Gasteiger partial charge in [0.2, 0.25) is 0 Å². The summed E-state index contributed by atoms with van der Waals surface area (Å²) in [5.74, 6) is -1.15. The van der Waals surface area contributed by atoms with E-state index in [9.17, 15) is 9.90 Å². The minimum Gasteiger partial charge on any atom is -0.481 e. The number of hydrogen-bond acceptors (Lipinski definition) is 2. The van der Waals surface area contributed by atoms with Crippen molar-refractivity contribution in [3.8, 4) is 0 Å². The van der Waals surface area contributed by atoms with Gasteiger partial charge in [0, 0.05) is 36.7 Å². The van der Waals surface area contributed by atoms with Crippen LogP contribution in [0.2, 0.25) is 0 Å². The summed E-state index contributed by atoms with van der Waals surface area (Å²) in [6.45, 7) is 0.585. The number of rotatable bonds is 1. The van der Waals surface area contributed by atoms with E-state index >= 15 is 0 Å². The first-order valence-corrected chi connectivity index (χ1v) is 7.28. The van der Waals surface area contributed by atoms with Crippen molar-refractivity contribution >= 4 is 22.4 Å². The molecule has 2 aromatic rings. The Morgan fingerprint density at radius 2 is 2.14 bits per heavy atom. The summed E-state index contributed by atoms with van der Waals surface area (Å²) in [5, 5.41) is 10.7. The molecule has 1 aliphatic heterocycles. The van der Waals surface area contributed by atoms with E-state index in [0.29, 0.717) is 12.6 Å². The highest BCUT2D eigenvalue weighted by atomic mass is 16.4. The highest BCUT2D eigenvalue weighted by Gasteiger charge is 2.35. The standard InChI is InChI=1S/C17H18N2O2/c1-18-8-10-7-15-13(6-11(17(20)21)9-19(15)2)12-4-3-5-14(18)16(10)12/h3-6,8,11,15H,7,9H2,1-2H3,(H,20,21). The van der Waals surface area contributed by atoms with E-state index in [1.807, 2.05) is 13.1 Å². The molecule has 4 rings (SSSR count). The lowest BCUT2D eigenvalue weighted by atomic mass is 9.80. The Labute approximate surface area is 123 Å². The van der Waals surface area contributed by atoms with Gasteiger partial charge < -0.3 is 9.67 Å². The van der Waals surface area contributed by atoms with Gasteiger partial charge in [-0.1, -0.05) is 18.2 Å².